The molecule has 2 aliphatic rings. The van der Waals surface area contributed by atoms with Crippen molar-refractivity contribution in [3.8, 4) is 11.1 Å². The summed E-state index contributed by atoms with van der Waals surface area (Å²) in [6, 6.07) is 20.1. The monoisotopic (exact) mass is 471 g/mol. The Morgan fingerprint density at radius 3 is 2.14 bits per heavy atom. The number of nitrogens with zero attached hydrogens (tertiary/aromatic N) is 2. The largest absolute Gasteiger partial charge is 0.465 e. The molecule has 0 unspecified atom stereocenters. The molecule has 0 atom stereocenters. The van der Waals surface area contributed by atoms with Gasteiger partial charge in [-0.05, 0) is 46.9 Å². The molecule has 0 aromatic heterocycles. The van der Waals surface area contributed by atoms with Crippen LogP contribution in [0.25, 0.3) is 11.1 Å². The Kier molecular flexibility index (Phi) is 6.07. The van der Waals surface area contributed by atoms with Crippen molar-refractivity contribution < 1.29 is 19.1 Å². The summed E-state index contributed by atoms with van der Waals surface area (Å²) < 4.78 is 10.7. The third-order valence-electron chi connectivity index (χ3n) is 7.06. The van der Waals surface area contributed by atoms with Gasteiger partial charge in [-0.2, -0.15) is 0 Å². The smallest absolute Gasteiger partial charge is 0.409 e. The first kappa shape index (κ1) is 22.8. The van der Waals surface area contributed by atoms with E-state index in [1.54, 1.807) is 17.0 Å². The van der Waals surface area contributed by atoms with Gasteiger partial charge >= 0.3 is 12.1 Å². The molecule has 0 spiro atoms. The van der Waals surface area contributed by atoms with Crippen molar-refractivity contribution >= 4 is 23.4 Å². The Labute approximate surface area is 205 Å². The first-order valence-corrected chi connectivity index (χ1v) is 11.8. The van der Waals surface area contributed by atoms with E-state index >= 15 is 0 Å². The van der Waals surface area contributed by atoms with Gasteiger partial charge in [-0.3, -0.25) is 0 Å². The molecule has 2 N–H and O–H groups in total. The lowest BCUT2D eigenvalue weighted by atomic mass is 9.98. The number of amides is 1. The van der Waals surface area contributed by atoms with Crippen LogP contribution in [0.1, 0.15) is 33.0 Å². The summed E-state index contributed by atoms with van der Waals surface area (Å²) in [7, 11) is 1.35. The molecule has 3 aromatic carbocycles. The van der Waals surface area contributed by atoms with Crippen LogP contribution in [0.4, 0.5) is 16.2 Å². The second-order valence-corrected chi connectivity index (χ2v) is 8.98. The predicted molar refractivity (Wildman–Crippen MR) is 136 cm³/mol. The van der Waals surface area contributed by atoms with Gasteiger partial charge in [0.2, 0.25) is 0 Å². The number of carbonyl (C=O) groups is 2. The van der Waals surface area contributed by atoms with Crippen LogP contribution >= 0.6 is 0 Å². The zero-order valence-corrected chi connectivity index (χ0v) is 20.0. The highest BCUT2D eigenvalue weighted by Crippen LogP contribution is 2.44. The lowest BCUT2D eigenvalue weighted by Crippen LogP contribution is -2.49. The number of methoxy groups -OCH3 is 1. The SMILES string of the molecule is COC(=O)c1cc(N)c(C)c(N2CCN(C(=O)OCC3c4ccccc4-c4ccccc43)CC2)c1. The van der Waals surface area contributed by atoms with E-state index in [-0.39, 0.29) is 12.0 Å². The molecule has 3 aromatic rings. The van der Waals surface area contributed by atoms with Crippen molar-refractivity contribution in [2.75, 3.05) is 50.5 Å². The molecule has 1 saturated heterocycles. The number of nitrogen functional groups attached to an aromatic ring is 1. The van der Waals surface area contributed by atoms with Crippen molar-refractivity contribution in [2.24, 2.45) is 0 Å². The van der Waals surface area contributed by atoms with E-state index in [9.17, 15) is 9.59 Å². The van der Waals surface area contributed by atoms with Crippen LogP contribution in [0.3, 0.4) is 0 Å². The molecule has 0 radical (unpaired) electrons. The minimum absolute atomic E-state index is 0.0410. The molecule has 1 fully saturated rings. The van der Waals surface area contributed by atoms with Gasteiger partial charge in [0.15, 0.2) is 0 Å². The van der Waals surface area contributed by atoms with Crippen molar-refractivity contribution in [1.29, 1.82) is 0 Å². The number of benzene rings is 3. The first-order chi connectivity index (χ1) is 17.0. The van der Waals surface area contributed by atoms with E-state index in [1.165, 1.54) is 29.4 Å². The second kappa shape index (κ2) is 9.33. The van der Waals surface area contributed by atoms with Gasteiger partial charge in [-0.15, -0.1) is 0 Å². The van der Waals surface area contributed by atoms with E-state index in [1.807, 2.05) is 31.2 Å². The number of ether oxygens (including phenoxy) is 2. The highest BCUT2D eigenvalue weighted by atomic mass is 16.6. The zero-order valence-electron chi connectivity index (χ0n) is 20.0. The lowest BCUT2D eigenvalue weighted by Gasteiger charge is -2.36. The topological polar surface area (TPSA) is 85.1 Å². The standard InChI is InChI=1S/C28H29N3O4/c1-18-25(29)15-19(27(32)34-2)16-26(18)30-11-13-31(14-12-30)28(33)35-17-24-22-9-5-3-7-20(22)21-8-4-6-10-23(21)24/h3-10,15-16,24H,11-14,17,29H2,1-2H3. The zero-order chi connectivity index (χ0) is 24.5. The van der Waals surface area contributed by atoms with Crippen molar-refractivity contribution in [2.45, 2.75) is 12.8 Å². The van der Waals surface area contributed by atoms with Gasteiger partial charge in [-0.25, -0.2) is 9.59 Å². The van der Waals surface area contributed by atoms with Gasteiger partial charge in [0, 0.05) is 43.5 Å². The molecule has 180 valence electrons. The number of hydrogen-bond acceptors (Lipinski definition) is 6. The van der Waals surface area contributed by atoms with E-state index < -0.39 is 5.97 Å². The van der Waals surface area contributed by atoms with Crippen LogP contribution in [-0.4, -0.2) is 56.9 Å². The third-order valence-corrected chi connectivity index (χ3v) is 7.06. The Morgan fingerprint density at radius 2 is 1.54 bits per heavy atom. The number of piperazine rings is 1. The quantitative estimate of drug-likeness (QED) is 0.448. The van der Waals surface area contributed by atoms with Crippen LogP contribution in [-0.2, 0) is 9.47 Å². The van der Waals surface area contributed by atoms with Gasteiger partial charge in [-0.1, -0.05) is 48.5 Å². The molecular formula is C28H29N3O4. The summed E-state index contributed by atoms with van der Waals surface area (Å²) in [6.45, 7) is 4.54. The fourth-order valence-electron chi connectivity index (χ4n) is 5.10. The number of carbonyl (C=O) groups excluding carboxylic acids is 2. The van der Waals surface area contributed by atoms with E-state index in [2.05, 4.69) is 29.2 Å². The Bertz CT molecular complexity index is 1240. The molecule has 0 bridgehead atoms. The maximum absolute atomic E-state index is 12.9. The van der Waals surface area contributed by atoms with E-state index in [0.29, 0.717) is 44.0 Å². The molecule has 1 heterocycles. The molecule has 35 heavy (non-hydrogen) atoms. The lowest BCUT2D eigenvalue weighted by molar-refractivity contribution is 0.0600. The highest BCUT2D eigenvalue weighted by molar-refractivity contribution is 5.92. The fourth-order valence-corrected chi connectivity index (χ4v) is 5.10. The minimum Gasteiger partial charge on any atom is -0.465 e. The average molecular weight is 472 g/mol. The molecule has 7 heteroatoms. The summed E-state index contributed by atoms with van der Waals surface area (Å²) in [5, 5.41) is 0. The number of nitrogens with two attached hydrogens (primary N) is 1. The molecule has 0 saturated carbocycles. The number of anilines is 2. The summed E-state index contributed by atoms with van der Waals surface area (Å²) in [5.74, 6) is -0.380. The minimum atomic E-state index is -0.421. The third kappa shape index (κ3) is 4.18. The maximum atomic E-state index is 12.9. The molecule has 5 rings (SSSR count). The predicted octanol–water partition coefficient (Wildman–Crippen LogP) is 4.43. The average Bonchev–Trinajstić information content (AvgIpc) is 3.22. The van der Waals surface area contributed by atoms with Crippen molar-refractivity contribution in [1.82, 2.24) is 4.90 Å². The number of esters is 1. The van der Waals surface area contributed by atoms with Crippen molar-refractivity contribution in [3.05, 3.63) is 82.9 Å². The summed E-state index contributed by atoms with van der Waals surface area (Å²) in [5.41, 5.74) is 13.7. The van der Waals surface area contributed by atoms with Gasteiger partial charge in [0.1, 0.15) is 6.61 Å². The van der Waals surface area contributed by atoms with Crippen LogP contribution in [0, 0.1) is 6.92 Å². The Morgan fingerprint density at radius 1 is 0.943 bits per heavy atom. The van der Waals surface area contributed by atoms with Crippen molar-refractivity contribution in [3.63, 3.8) is 0 Å². The Balaban J connectivity index is 1.23. The first-order valence-electron chi connectivity index (χ1n) is 11.8. The maximum Gasteiger partial charge on any atom is 0.409 e. The molecule has 7 nitrogen and oxygen atoms in total. The molecule has 1 amide bonds. The second-order valence-electron chi connectivity index (χ2n) is 8.98. The normalized spacial score (nSPS) is 14.9. The Hall–Kier alpha value is -4.00. The van der Waals surface area contributed by atoms with Crippen LogP contribution < -0.4 is 10.6 Å². The number of hydrogen-bond donors (Lipinski definition) is 1. The highest BCUT2D eigenvalue weighted by Gasteiger charge is 2.30. The van der Waals surface area contributed by atoms with Crippen LogP contribution in [0.2, 0.25) is 0 Å². The molecular weight excluding hydrogens is 442 g/mol. The van der Waals surface area contributed by atoms with Gasteiger partial charge < -0.3 is 25.0 Å². The molecule has 1 aliphatic heterocycles. The number of rotatable bonds is 4. The number of fused-ring (bicyclic) bond motifs is 3. The molecule has 1 aliphatic carbocycles. The van der Waals surface area contributed by atoms with E-state index in [4.69, 9.17) is 15.2 Å². The summed E-state index contributed by atoms with van der Waals surface area (Å²) >= 11 is 0. The van der Waals surface area contributed by atoms with E-state index in [0.717, 1.165) is 11.3 Å². The summed E-state index contributed by atoms with van der Waals surface area (Å²) in [4.78, 5) is 28.8. The van der Waals surface area contributed by atoms with Crippen LogP contribution in [0.5, 0.6) is 0 Å². The van der Waals surface area contributed by atoms with Gasteiger partial charge in [0.25, 0.3) is 0 Å². The van der Waals surface area contributed by atoms with Crippen LogP contribution in [0.15, 0.2) is 60.7 Å². The van der Waals surface area contributed by atoms with Gasteiger partial charge in [0.05, 0.1) is 12.7 Å². The summed E-state index contributed by atoms with van der Waals surface area (Å²) in [6.07, 6.45) is -0.300. The fraction of sp³-hybridized carbons (Fsp3) is 0.286.